The Hall–Kier alpha value is -1.71. The van der Waals surface area contributed by atoms with Crippen LogP contribution in [-0.2, 0) is 16.0 Å². The minimum absolute atomic E-state index is 0.0310. The molecule has 1 rings (SSSR count). The molecule has 0 saturated heterocycles. The van der Waals surface area contributed by atoms with Crippen LogP contribution in [0.25, 0.3) is 0 Å². The lowest BCUT2D eigenvalue weighted by atomic mass is 9.94. The molecule has 1 atom stereocenters. The van der Waals surface area contributed by atoms with Gasteiger partial charge < -0.3 is 5.11 Å². The van der Waals surface area contributed by atoms with E-state index < -0.39 is 11.9 Å². The number of carboxylic acid groups (broad SMARTS) is 1. The minimum atomic E-state index is -0.990. The maximum absolute atomic E-state index is 12.7. The monoisotopic (exact) mass is 238 g/mol. The number of carbonyl (C=O) groups is 2. The summed E-state index contributed by atoms with van der Waals surface area (Å²) < 4.78 is 12.7. The van der Waals surface area contributed by atoms with Crippen molar-refractivity contribution in [2.24, 2.45) is 5.92 Å². The summed E-state index contributed by atoms with van der Waals surface area (Å²) in [6.07, 6.45) is 0.623. The Labute approximate surface area is 99.3 Å². The van der Waals surface area contributed by atoms with Crippen molar-refractivity contribution in [2.45, 2.75) is 26.2 Å². The summed E-state index contributed by atoms with van der Waals surface area (Å²) in [5.74, 6) is -2.14. The topological polar surface area (TPSA) is 54.4 Å². The Balaban J connectivity index is 2.70. The quantitative estimate of drug-likeness (QED) is 0.828. The van der Waals surface area contributed by atoms with Crippen LogP contribution >= 0.6 is 0 Å². The number of carboxylic acids is 1. The van der Waals surface area contributed by atoms with Gasteiger partial charge in [0.25, 0.3) is 0 Å². The summed E-state index contributed by atoms with van der Waals surface area (Å²) in [7, 11) is 0. The molecule has 4 heteroatoms. The molecule has 3 nitrogen and oxygen atoms in total. The fourth-order valence-electron chi connectivity index (χ4n) is 1.57. The van der Waals surface area contributed by atoms with E-state index >= 15 is 0 Å². The molecular formula is C13H15FO3. The van der Waals surface area contributed by atoms with Gasteiger partial charge in [-0.2, -0.15) is 0 Å². The number of halogens is 1. The first-order valence-electron chi connectivity index (χ1n) is 5.52. The number of rotatable bonds is 6. The van der Waals surface area contributed by atoms with E-state index in [2.05, 4.69) is 0 Å². The van der Waals surface area contributed by atoms with Crippen molar-refractivity contribution in [3.63, 3.8) is 0 Å². The zero-order valence-corrected chi connectivity index (χ0v) is 9.65. The number of hydrogen-bond acceptors (Lipinski definition) is 2. The van der Waals surface area contributed by atoms with Gasteiger partial charge in [0.15, 0.2) is 0 Å². The molecule has 0 bridgehead atoms. The van der Waals surface area contributed by atoms with E-state index in [1.807, 2.05) is 0 Å². The average Bonchev–Trinajstić information content (AvgIpc) is 2.30. The van der Waals surface area contributed by atoms with Crippen LogP contribution in [-0.4, -0.2) is 16.9 Å². The molecular weight excluding hydrogens is 223 g/mol. The maximum atomic E-state index is 12.7. The maximum Gasteiger partial charge on any atom is 0.307 e. The Bertz CT molecular complexity index is 398. The van der Waals surface area contributed by atoms with Crippen LogP contribution in [0.3, 0.4) is 0 Å². The second-order valence-electron chi connectivity index (χ2n) is 3.96. The van der Waals surface area contributed by atoms with Crippen LogP contribution in [0.4, 0.5) is 4.39 Å². The third kappa shape index (κ3) is 4.34. The number of benzene rings is 1. The van der Waals surface area contributed by atoms with Gasteiger partial charge in [-0.3, -0.25) is 9.59 Å². The molecule has 0 spiro atoms. The molecule has 0 aliphatic carbocycles. The Kier molecular flexibility index (Phi) is 4.82. The standard InChI is InChI=1S/C13H15FO3/c1-2-12(15)8-10(13(16)17)7-9-3-5-11(14)6-4-9/h3-6,10H,2,7-8H2,1H3,(H,16,17). The van der Waals surface area contributed by atoms with E-state index in [-0.39, 0.29) is 24.4 Å². The molecule has 0 heterocycles. The van der Waals surface area contributed by atoms with Gasteiger partial charge >= 0.3 is 5.97 Å². The predicted molar refractivity (Wildman–Crippen MR) is 61.1 cm³/mol. The smallest absolute Gasteiger partial charge is 0.307 e. The Morgan fingerprint density at radius 3 is 2.35 bits per heavy atom. The SMILES string of the molecule is CCC(=O)CC(Cc1ccc(F)cc1)C(=O)O. The van der Waals surface area contributed by atoms with Gasteiger partial charge in [0.2, 0.25) is 0 Å². The first kappa shape index (κ1) is 13.4. The summed E-state index contributed by atoms with van der Waals surface area (Å²) in [6.45, 7) is 1.71. The van der Waals surface area contributed by atoms with Crippen molar-refractivity contribution < 1.29 is 19.1 Å². The third-order valence-electron chi connectivity index (χ3n) is 2.61. The minimum Gasteiger partial charge on any atom is -0.481 e. The lowest BCUT2D eigenvalue weighted by Gasteiger charge is -2.11. The Morgan fingerprint density at radius 2 is 1.88 bits per heavy atom. The van der Waals surface area contributed by atoms with Gasteiger partial charge in [-0.15, -0.1) is 0 Å². The van der Waals surface area contributed by atoms with E-state index in [0.29, 0.717) is 6.42 Å². The predicted octanol–water partition coefficient (Wildman–Crippen LogP) is 2.44. The molecule has 0 aliphatic heterocycles. The van der Waals surface area contributed by atoms with Crippen LogP contribution in [0, 0.1) is 11.7 Å². The van der Waals surface area contributed by atoms with Crippen molar-refractivity contribution >= 4 is 11.8 Å². The zero-order chi connectivity index (χ0) is 12.8. The molecule has 0 aliphatic rings. The van der Waals surface area contributed by atoms with Gasteiger partial charge in [0, 0.05) is 12.8 Å². The van der Waals surface area contributed by atoms with Crippen molar-refractivity contribution in [3.8, 4) is 0 Å². The highest BCUT2D eigenvalue weighted by atomic mass is 19.1. The summed E-state index contributed by atoms with van der Waals surface area (Å²) in [6, 6.07) is 5.66. The molecule has 1 unspecified atom stereocenters. The number of Topliss-reactive ketones (excluding diaryl/α,β-unsaturated/α-hetero) is 1. The third-order valence-corrected chi connectivity index (χ3v) is 2.61. The second kappa shape index (κ2) is 6.13. The summed E-state index contributed by atoms with van der Waals surface area (Å²) >= 11 is 0. The Morgan fingerprint density at radius 1 is 1.29 bits per heavy atom. The van der Waals surface area contributed by atoms with Crippen LogP contribution in [0.1, 0.15) is 25.3 Å². The van der Waals surface area contributed by atoms with E-state index in [9.17, 15) is 14.0 Å². The van der Waals surface area contributed by atoms with Crippen molar-refractivity contribution in [3.05, 3.63) is 35.6 Å². The lowest BCUT2D eigenvalue weighted by Crippen LogP contribution is -2.20. The summed E-state index contributed by atoms with van der Waals surface area (Å²) in [4.78, 5) is 22.2. The molecule has 0 saturated carbocycles. The van der Waals surface area contributed by atoms with E-state index in [1.165, 1.54) is 12.1 Å². The van der Waals surface area contributed by atoms with Crippen molar-refractivity contribution in [1.82, 2.24) is 0 Å². The molecule has 92 valence electrons. The summed E-state index contributed by atoms with van der Waals surface area (Å²) in [5, 5.41) is 9.01. The van der Waals surface area contributed by atoms with Crippen LogP contribution in [0.5, 0.6) is 0 Å². The molecule has 0 amide bonds. The summed E-state index contributed by atoms with van der Waals surface area (Å²) in [5.41, 5.74) is 0.725. The van der Waals surface area contributed by atoms with Gasteiger partial charge in [0.05, 0.1) is 5.92 Å². The fourth-order valence-corrected chi connectivity index (χ4v) is 1.57. The van der Waals surface area contributed by atoms with E-state index in [0.717, 1.165) is 5.56 Å². The van der Waals surface area contributed by atoms with Gasteiger partial charge in [0.1, 0.15) is 11.6 Å². The van der Waals surface area contributed by atoms with Gasteiger partial charge in [-0.25, -0.2) is 4.39 Å². The molecule has 1 aromatic rings. The van der Waals surface area contributed by atoms with Crippen molar-refractivity contribution in [2.75, 3.05) is 0 Å². The molecule has 1 aromatic carbocycles. The molecule has 17 heavy (non-hydrogen) atoms. The number of aliphatic carboxylic acids is 1. The average molecular weight is 238 g/mol. The van der Waals surface area contributed by atoms with Crippen molar-refractivity contribution in [1.29, 1.82) is 0 Å². The molecule has 0 aromatic heterocycles. The highest BCUT2D eigenvalue weighted by Gasteiger charge is 2.20. The van der Waals surface area contributed by atoms with E-state index in [1.54, 1.807) is 19.1 Å². The largest absolute Gasteiger partial charge is 0.481 e. The lowest BCUT2D eigenvalue weighted by molar-refractivity contribution is -0.143. The number of carbonyl (C=O) groups excluding carboxylic acids is 1. The molecule has 0 radical (unpaired) electrons. The first-order valence-corrected chi connectivity index (χ1v) is 5.52. The van der Waals surface area contributed by atoms with Crippen LogP contribution < -0.4 is 0 Å². The first-order chi connectivity index (χ1) is 8.02. The van der Waals surface area contributed by atoms with Crippen LogP contribution in [0.15, 0.2) is 24.3 Å². The van der Waals surface area contributed by atoms with Gasteiger partial charge in [-0.1, -0.05) is 19.1 Å². The highest BCUT2D eigenvalue weighted by Crippen LogP contribution is 2.14. The van der Waals surface area contributed by atoms with Gasteiger partial charge in [-0.05, 0) is 24.1 Å². The number of ketones is 1. The van der Waals surface area contributed by atoms with Crippen LogP contribution in [0.2, 0.25) is 0 Å². The molecule has 1 N–H and O–H groups in total. The highest BCUT2D eigenvalue weighted by molar-refractivity contribution is 5.83. The molecule has 0 fully saturated rings. The fraction of sp³-hybridized carbons (Fsp3) is 0.385. The number of hydrogen-bond donors (Lipinski definition) is 1. The van der Waals surface area contributed by atoms with E-state index in [4.69, 9.17) is 5.11 Å². The normalized spacial score (nSPS) is 12.1. The zero-order valence-electron chi connectivity index (χ0n) is 9.65. The second-order valence-corrected chi connectivity index (χ2v) is 3.96.